The van der Waals surface area contributed by atoms with E-state index in [0.29, 0.717) is 0 Å². The van der Waals surface area contributed by atoms with Crippen molar-refractivity contribution in [3.63, 3.8) is 0 Å². The Morgan fingerprint density at radius 3 is 2.73 bits per heavy atom. The van der Waals surface area contributed by atoms with E-state index < -0.39 is 30.4 Å². The van der Waals surface area contributed by atoms with Gasteiger partial charge in [-0.3, -0.25) is 4.79 Å². The molecule has 0 saturated heterocycles. The van der Waals surface area contributed by atoms with Gasteiger partial charge in [0.15, 0.2) is 12.0 Å². The minimum atomic E-state index is -1.22. The van der Waals surface area contributed by atoms with Crippen molar-refractivity contribution >= 4 is 12.2 Å². The summed E-state index contributed by atoms with van der Waals surface area (Å²) in [7, 11) is 1.44. The van der Waals surface area contributed by atoms with Crippen LogP contribution in [0, 0.1) is 0 Å². The predicted molar refractivity (Wildman–Crippen MR) is 78.3 cm³/mol. The normalized spacial score (nSPS) is 24.6. The lowest BCUT2D eigenvalue weighted by Gasteiger charge is -2.38. The number of carbonyl (C=O) groups excluding carboxylic acids is 1. The average molecular weight is 317 g/mol. The minimum Gasteiger partial charge on any atom is -0.394 e. The minimum absolute atomic E-state index is 0.00268. The summed E-state index contributed by atoms with van der Waals surface area (Å²) >= 11 is 0. The standard InChI is InChI=1S/C12H23N5O5/c1-6(19)9(20)7-12(22-4-3-18)17-10(15-5-13)8(16-7)11(21)14-2/h5-7,9,12,16-20H,3-4H2,1-2H3,(H2,13,15)(H,14,21). The summed E-state index contributed by atoms with van der Waals surface area (Å²) in [5.74, 6) is -0.352. The molecule has 22 heavy (non-hydrogen) atoms. The molecule has 10 heteroatoms. The van der Waals surface area contributed by atoms with Crippen molar-refractivity contribution in [3.05, 3.63) is 11.5 Å². The van der Waals surface area contributed by atoms with Crippen molar-refractivity contribution in [1.29, 1.82) is 0 Å². The molecule has 1 heterocycles. The van der Waals surface area contributed by atoms with Gasteiger partial charge in [0.2, 0.25) is 0 Å². The van der Waals surface area contributed by atoms with Crippen molar-refractivity contribution in [3.8, 4) is 0 Å². The Labute approximate surface area is 128 Å². The number of aliphatic hydroxyl groups excluding tert-OH is 3. The zero-order valence-corrected chi connectivity index (χ0v) is 12.5. The van der Waals surface area contributed by atoms with Gasteiger partial charge in [0.25, 0.3) is 5.91 Å². The number of ether oxygens (including phenoxy) is 1. The van der Waals surface area contributed by atoms with E-state index in [-0.39, 0.29) is 24.7 Å². The first-order valence-corrected chi connectivity index (χ1v) is 6.78. The highest BCUT2D eigenvalue weighted by Gasteiger charge is 2.38. The number of aliphatic imine (C=N–C) groups is 1. The summed E-state index contributed by atoms with van der Waals surface area (Å²) < 4.78 is 5.38. The van der Waals surface area contributed by atoms with E-state index in [2.05, 4.69) is 20.9 Å². The summed E-state index contributed by atoms with van der Waals surface area (Å²) in [6.07, 6.45) is -2.12. The molecule has 1 amide bonds. The first kappa shape index (κ1) is 18.2. The van der Waals surface area contributed by atoms with E-state index >= 15 is 0 Å². The van der Waals surface area contributed by atoms with Crippen LogP contribution < -0.4 is 21.7 Å². The van der Waals surface area contributed by atoms with Gasteiger partial charge in [-0.1, -0.05) is 0 Å². The van der Waals surface area contributed by atoms with Gasteiger partial charge < -0.3 is 41.7 Å². The second kappa shape index (κ2) is 8.54. The van der Waals surface area contributed by atoms with Gasteiger partial charge in [-0.2, -0.15) is 0 Å². The topological polar surface area (TPSA) is 161 Å². The zero-order valence-electron chi connectivity index (χ0n) is 12.5. The van der Waals surface area contributed by atoms with Crippen molar-refractivity contribution in [2.45, 2.75) is 31.4 Å². The lowest BCUT2D eigenvalue weighted by molar-refractivity contribution is -0.119. The van der Waals surface area contributed by atoms with E-state index in [9.17, 15) is 15.0 Å². The molecule has 1 aliphatic heterocycles. The van der Waals surface area contributed by atoms with Crippen LogP contribution in [0.2, 0.25) is 0 Å². The summed E-state index contributed by atoms with van der Waals surface area (Å²) in [6, 6.07) is -0.837. The molecule has 0 spiro atoms. The average Bonchev–Trinajstić information content (AvgIpc) is 2.51. The van der Waals surface area contributed by atoms with Crippen LogP contribution in [0.4, 0.5) is 0 Å². The molecule has 10 nitrogen and oxygen atoms in total. The molecule has 0 saturated carbocycles. The maximum absolute atomic E-state index is 11.9. The molecule has 4 unspecified atom stereocenters. The molecule has 0 bridgehead atoms. The maximum Gasteiger partial charge on any atom is 0.270 e. The van der Waals surface area contributed by atoms with Crippen LogP contribution >= 0.6 is 0 Å². The van der Waals surface area contributed by atoms with Crippen LogP contribution in [0.5, 0.6) is 0 Å². The maximum atomic E-state index is 11.9. The summed E-state index contributed by atoms with van der Waals surface area (Å²) in [4.78, 5) is 15.7. The molecule has 0 radical (unpaired) electrons. The van der Waals surface area contributed by atoms with Crippen LogP contribution in [0.3, 0.4) is 0 Å². The highest BCUT2D eigenvalue weighted by atomic mass is 16.5. The molecule has 8 N–H and O–H groups in total. The lowest BCUT2D eigenvalue weighted by Crippen LogP contribution is -2.62. The highest BCUT2D eigenvalue weighted by Crippen LogP contribution is 2.17. The van der Waals surface area contributed by atoms with Gasteiger partial charge in [0, 0.05) is 7.05 Å². The smallest absolute Gasteiger partial charge is 0.270 e. The van der Waals surface area contributed by atoms with Crippen LogP contribution in [-0.2, 0) is 9.53 Å². The van der Waals surface area contributed by atoms with Gasteiger partial charge in [0.05, 0.1) is 31.7 Å². The molecule has 0 aromatic heterocycles. The predicted octanol–water partition coefficient (Wildman–Crippen LogP) is -3.47. The number of nitrogens with zero attached hydrogens (tertiary/aromatic N) is 1. The Balaban J connectivity index is 3.12. The fourth-order valence-electron chi connectivity index (χ4n) is 1.97. The van der Waals surface area contributed by atoms with Gasteiger partial charge >= 0.3 is 0 Å². The van der Waals surface area contributed by atoms with Gasteiger partial charge in [-0.05, 0) is 6.92 Å². The quantitative estimate of drug-likeness (QED) is 0.188. The van der Waals surface area contributed by atoms with Crippen molar-refractivity contribution in [2.75, 3.05) is 20.3 Å². The SMILES string of the molecule is CNC(=O)C1=C(/N=C/N)NC(OCCO)C(C(O)C(C)O)N1. The molecule has 0 aromatic rings. The Kier molecular flexibility index (Phi) is 7.05. The second-order valence-corrected chi connectivity index (χ2v) is 4.64. The summed E-state index contributed by atoms with van der Waals surface area (Å²) in [5.41, 5.74) is 5.31. The molecule has 1 rings (SSSR count). The Hall–Kier alpha value is -1.88. The number of aliphatic hydroxyl groups is 3. The summed E-state index contributed by atoms with van der Waals surface area (Å²) in [5, 5.41) is 36.6. The van der Waals surface area contributed by atoms with Crippen molar-refractivity contribution in [1.82, 2.24) is 16.0 Å². The zero-order chi connectivity index (χ0) is 16.7. The fourth-order valence-corrected chi connectivity index (χ4v) is 1.97. The lowest BCUT2D eigenvalue weighted by atomic mass is 10.0. The number of amides is 1. The molecule has 1 aliphatic rings. The Bertz CT molecular complexity index is 440. The van der Waals surface area contributed by atoms with Crippen molar-refractivity contribution < 1.29 is 24.9 Å². The number of likely N-dealkylation sites (N-methyl/N-ethyl adjacent to an activating group) is 1. The number of hydrogen-bond acceptors (Lipinski definition) is 8. The largest absolute Gasteiger partial charge is 0.394 e. The van der Waals surface area contributed by atoms with E-state index in [1.807, 2.05) is 0 Å². The van der Waals surface area contributed by atoms with Gasteiger partial charge in [0.1, 0.15) is 11.8 Å². The third kappa shape index (κ3) is 4.31. The van der Waals surface area contributed by atoms with Crippen molar-refractivity contribution in [2.24, 2.45) is 10.7 Å². The number of nitrogens with two attached hydrogens (primary N) is 1. The Morgan fingerprint density at radius 2 is 2.23 bits per heavy atom. The van der Waals surface area contributed by atoms with E-state index in [0.717, 1.165) is 6.34 Å². The third-order valence-corrected chi connectivity index (χ3v) is 3.06. The fraction of sp³-hybridized carbons (Fsp3) is 0.667. The highest BCUT2D eigenvalue weighted by molar-refractivity contribution is 5.93. The van der Waals surface area contributed by atoms with Crippen LogP contribution in [0.25, 0.3) is 0 Å². The number of carbonyl (C=O) groups is 1. The van der Waals surface area contributed by atoms with E-state index in [1.54, 1.807) is 0 Å². The molecule has 0 aromatic carbocycles. The monoisotopic (exact) mass is 317 g/mol. The van der Waals surface area contributed by atoms with Gasteiger partial charge in [-0.15, -0.1) is 0 Å². The molecule has 126 valence electrons. The molecular weight excluding hydrogens is 294 g/mol. The van der Waals surface area contributed by atoms with E-state index in [1.165, 1.54) is 14.0 Å². The molecule has 0 fully saturated rings. The number of nitrogens with one attached hydrogen (secondary N) is 3. The third-order valence-electron chi connectivity index (χ3n) is 3.06. The molecule has 4 atom stereocenters. The first-order valence-electron chi connectivity index (χ1n) is 6.78. The Morgan fingerprint density at radius 1 is 1.55 bits per heavy atom. The molecule has 0 aliphatic carbocycles. The number of rotatable bonds is 7. The van der Waals surface area contributed by atoms with Crippen LogP contribution in [0.1, 0.15) is 6.92 Å². The summed E-state index contributed by atoms with van der Waals surface area (Å²) in [6.45, 7) is 1.18. The number of hydrogen-bond donors (Lipinski definition) is 7. The van der Waals surface area contributed by atoms with E-state index in [4.69, 9.17) is 15.6 Å². The van der Waals surface area contributed by atoms with Gasteiger partial charge in [-0.25, -0.2) is 4.99 Å². The first-order chi connectivity index (χ1) is 10.5. The van der Waals surface area contributed by atoms with Crippen LogP contribution in [0.15, 0.2) is 16.5 Å². The van der Waals surface area contributed by atoms with Crippen LogP contribution in [-0.4, -0.2) is 72.3 Å². The second-order valence-electron chi connectivity index (χ2n) is 4.64. The molecular formula is C12H23N5O5.